The Hall–Kier alpha value is -2.97. The third-order valence-electron chi connectivity index (χ3n) is 5.55. The van der Waals surface area contributed by atoms with Gasteiger partial charge in [-0.15, -0.1) is 0 Å². The minimum absolute atomic E-state index is 0.0823. The van der Waals surface area contributed by atoms with Gasteiger partial charge in [-0.25, -0.2) is 13.1 Å². The molecule has 3 aromatic rings. The van der Waals surface area contributed by atoms with Crippen molar-refractivity contribution >= 4 is 15.9 Å². The fourth-order valence-electron chi connectivity index (χ4n) is 3.83. The Bertz CT molecular complexity index is 1100. The maximum Gasteiger partial charge on any atom is 0.243 e. The molecular formula is C23H26N4O3S. The van der Waals surface area contributed by atoms with Crippen LogP contribution in [0.25, 0.3) is 5.69 Å². The fraction of sp³-hybridized carbons (Fsp3) is 0.304. The van der Waals surface area contributed by atoms with E-state index in [4.69, 9.17) is 0 Å². The predicted molar refractivity (Wildman–Crippen MR) is 118 cm³/mol. The summed E-state index contributed by atoms with van der Waals surface area (Å²) in [6.45, 7) is 1.19. The zero-order valence-electron chi connectivity index (χ0n) is 17.2. The first-order valence-electron chi connectivity index (χ1n) is 10.5. The zero-order valence-corrected chi connectivity index (χ0v) is 18.0. The molecule has 4 rings (SSSR count). The number of aromatic nitrogens is 2. The molecule has 7 nitrogen and oxygen atoms in total. The van der Waals surface area contributed by atoms with Crippen LogP contribution in [0.1, 0.15) is 18.4 Å². The van der Waals surface area contributed by atoms with Crippen LogP contribution in [0.3, 0.4) is 0 Å². The van der Waals surface area contributed by atoms with E-state index in [1.807, 2.05) is 36.5 Å². The van der Waals surface area contributed by atoms with Crippen molar-refractivity contribution in [3.05, 3.63) is 78.6 Å². The SMILES string of the molecule is O=C(NCCc1ccc(-n2cccn2)cc1)C1CCCN(S(=O)(=O)c2ccccc2)C1. The molecule has 1 atom stereocenters. The number of benzene rings is 2. The van der Waals surface area contributed by atoms with Crippen LogP contribution in [-0.4, -0.2) is 48.0 Å². The van der Waals surface area contributed by atoms with E-state index in [0.29, 0.717) is 32.4 Å². The summed E-state index contributed by atoms with van der Waals surface area (Å²) >= 11 is 0. The third kappa shape index (κ3) is 5.03. The number of carbonyl (C=O) groups is 1. The van der Waals surface area contributed by atoms with E-state index in [-0.39, 0.29) is 23.3 Å². The average Bonchev–Trinajstić information content (AvgIpc) is 3.35. The lowest BCUT2D eigenvalue weighted by molar-refractivity contribution is -0.126. The highest BCUT2D eigenvalue weighted by Crippen LogP contribution is 2.23. The Morgan fingerprint density at radius 1 is 1.06 bits per heavy atom. The van der Waals surface area contributed by atoms with Gasteiger partial charge in [0.2, 0.25) is 15.9 Å². The summed E-state index contributed by atoms with van der Waals surface area (Å²) in [4.78, 5) is 12.9. The van der Waals surface area contributed by atoms with Crippen molar-refractivity contribution in [2.75, 3.05) is 19.6 Å². The monoisotopic (exact) mass is 438 g/mol. The molecular weight excluding hydrogens is 412 g/mol. The van der Waals surface area contributed by atoms with E-state index < -0.39 is 10.0 Å². The third-order valence-corrected chi connectivity index (χ3v) is 7.43. The van der Waals surface area contributed by atoms with Gasteiger partial charge in [0.15, 0.2) is 0 Å². The molecule has 1 fully saturated rings. The Balaban J connectivity index is 1.29. The molecule has 0 aliphatic carbocycles. The largest absolute Gasteiger partial charge is 0.355 e. The minimum atomic E-state index is -3.57. The number of piperidine rings is 1. The highest BCUT2D eigenvalue weighted by Gasteiger charge is 2.33. The van der Waals surface area contributed by atoms with Crippen LogP contribution in [0.5, 0.6) is 0 Å². The van der Waals surface area contributed by atoms with E-state index in [9.17, 15) is 13.2 Å². The summed E-state index contributed by atoms with van der Waals surface area (Å²) < 4.78 is 28.9. The molecule has 1 aliphatic heterocycles. The summed E-state index contributed by atoms with van der Waals surface area (Å²) in [6.07, 6.45) is 5.72. The average molecular weight is 439 g/mol. The van der Waals surface area contributed by atoms with Crippen LogP contribution < -0.4 is 5.32 Å². The molecule has 0 spiro atoms. The van der Waals surface area contributed by atoms with Crippen molar-refractivity contribution in [3.8, 4) is 5.69 Å². The van der Waals surface area contributed by atoms with E-state index in [1.165, 1.54) is 4.31 Å². The summed E-state index contributed by atoms with van der Waals surface area (Å²) in [5, 5.41) is 7.19. The molecule has 0 bridgehead atoms. The van der Waals surface area contributed by atoms with Crippen molar-refractivity contribution in [3.63, 3.8) is 0 Å². The van der Waals surface area contributed by atoms with Gasteiger partial charge in [-0.3, -0.25) is 4.79 Å². The number of nitrogens with one attached hydrogen (secondary N) is 1. The van der Waals surface area contributed by atoms with Crippen LogP contribution in [0.2, 0.25) is 0 Å². The quantitative estimate of drug-likeness (QED) is 0.615. The molecule has 1 unspecified atom stereocenters. The zero-order chi connectivity index (χ0) is 21.7. The summed E-state index contributed by atoms with van der Waals surface area (Å²) in [6, 6.07) is 18.3. The number of sulfonamides is 1. The van der Waals surface area contributed by atoms with Crippen LogP contribution in [0.4, 0.5) is 0 Å². The first-order valence-corrected chi connectivity index (χ1v) is 11.9. The molecule has 162 valence electrons. The fourth-order valence-corrected chi connectivity index (χ4v) is 5.37. The highest BCUT2D eigenvalue weighted by atomic mass is 32.2. The molecule has 8 heteroatoms. The van der Waals surface area contributed by atoms with E-state index >= 15 is 0 Å². The van der Waals surface area contributed by atoms with Gasteiger partial charge in [0.05, 0.1) is 16.5 Å². The topological polar surface area (TPSA) is 84.3 Å². The Morgan fingerprint density at radius 2 is 1.84 bits per heavy atom. The Kier molecular flexibility index (Phi) is 6.48. The van der Waals surface area contributed by atoms with Crippen molar-refractivity contribution < 1.29 is 13.2 Å². The number of hydrogen-bond acceptors (Lipinski definition) is 4. The molecule has 1 N–H and O–H groups in total. The lowest BCUT2D eigenvalue weighted by Gasteiger charge is -2.31. The molecule has 1 aliphatic rings. The number of hydrogen-bond donors (Lipinski definition) is 1. The molecule has 31 heavy (non-hydrogen) atoms. The van der Waals surface area contributed by atoms with Crippen molar-refractivity contribution in [2.45, 2.75) is 24.2 Å². The molecule has 0 radical (unpaired) electrons. The van der Waals surface area contributed by atoms with Gasteiger partial charge in [-0.1, -0.05) is 30.3 Å². The summed E-state index contributed by atoms with van der Waals surface area (Å²) in [5.74, 6) is -0.407. The number of carbonyl (C=O) groups excluding carboxylic acids is 1. The maximum atomic E-state index is 12.9. The lowest BCUT2D eigenvalue weighted by Crippen LogP contribution is -2.45. The van der Waals surface area contributed by atoms with E-state index in [1.54, 1.807) is 41.2 Å². The van der Waals surface area contributed by atoms with Gasteiger partial charge in [-0.2, -0.15) is 9.40 Å². The van der Waals surface area contributed by atoms with Gasteiger partial charge in [0.1, 0.15) is 0 Å². The second kappa shape index (κ2) is 9.45. The Labute approximate surface area is 182 Å². The van der Waals surface area contributed by atoms with Crippen LogP contribution in [0, 0.1) is 5.92 Å². The minimum Gasteiger partial charge on any atom is -0.355 e. The lowest BCUT2D eigenvalue weighted by atomic mass is 9.99. The van der Waals surface area contributed by atoms with Gasteiger partial charge in [0, 0.05) is 32.0 Å². The van der Waals surface area contributed by atoms with Crippen LogP contribution in [0.15, 0.2) is 78.0 Å². The summed E-state index contributed by atoms with van der Waals surface area (Å²) in [5.41, 5.74) is 2.10. The van der Waals surface area contributed by atoms with Crippen LogP contribution in [-0.2, 0) is 21.2 Å². The van der Waals surface area contributed by atoms with Gasteiger partial charge in [-0.05, 0) is 55.2 Å². The molecule has 1 amide bonds. The normalized spacial score (nSPS) is 17.4. The second-order valence-electron chi connectivity index (χ2n) is 7.67. The smallest absolute Gasteiger partial charge is 0.243 e. The molecule has 2 aromatic carbocycles. The van der Waals surface area contributed by atoms with Crippen molar-refractivity contribution in [2.24, 2.45) is 5.92 Å². The molecule has 1 aromatic heterocycles. The number of rotatable bonds is 7. The van der Waals surface area contributed by atoms with E-state index in [2.05, 4.69) is 10.4 Å². The van der Waals surface area contributed by atoms with Gasteiger partial charge >= 0.3 is 0 Å². The second-order valence-corrected chi connectivity index (χ2v) is 9.61. The van der Waals surface area contributed by atoms with Crippen molar-refractivity contribution in [1.82, 2.24) is 19.4 Å². The molecule has 1 saturated heterocycles. The van der Waals surface area contributed by atoms with Crippen molar-refractivity contribution in [1.29, 1.82) is 0 Å². The number of nitrogens with zero attached hydrogens (tertiary/aromatic N) is 3. The molecule has 0 saturated carbocycles. The van der Waals surface area contributed by atoms with Crippen LogP contribution >= 0.6 is 0 Å². The van der Waals surface area contributed by atoms with Gasteiger partial charge < -0.3 is 5.32 Å². The Morgan fingerprint density at radius 3 is 2.55 bits per heavy atom. The first-order chi connectivity index (χ1) is 15.0. The molecule has 2 heterocycles. The predicted octanol–water partition coefficient (Wildman–Crippen LogP) is 2.63. The maximum absolute atomic E-state index is 12.9. The first kappa shape index (κ1) is 21.3. The highest BCUT2D eigenvalue weighted by molar-refractivity contribution is 7.89. The summed E-state index contributed by atoms with van der Waals surface area (Å²) in [7, 11) is -3.57. The van der Waals surface area contributed by atoms with Gasteiger partial charge in [0.25, 0.3) is 0 Å². The van der Waals surface area contributed by atoms with E-state index in [0.717, 1.165) is 11.3 Å². The number of amides is 1. The standard InChI is InChI=1S/C23H26N4O3S/c28-23(24-15-13-19-9-11-21(12-10-19)27-17-5-14-25-27)20-6-4-16-26(18-20)31(29,30)22-7-2-1-3-8-22/h1-3,5,7-12,14,17,20H,4,6,13,15-16,18H2,(H,24,28).